The van der Waals surface area contributed by atoms with Crippen LogP contribution in [-0.2, 0) is 15.9 Å². The fourth-order valence-corrected chi connectivity index (χ4v) is 1.60. The van der Waals surface area contributed by atoms with Gasteiger partial charge >= 0.3 is 0 Å². The Morgan fingerprint density at radius 3 is 2.47 bits per heavy atom. The molecule has 0 aromatic carbocycles. The fraction of sp³-hybridized carbons (Fsp3) is 0.583. The first-order valence-electron chi connectivity index (χ1n) is 5.87. The summed E-state index contributed by atoms with van der Waals surface area (Å²) in [5, 5.41) is 0. The van der Waals surface area contributed by atoms with Gasteiger partial charge in [-0.2, -0.15) is 0 Å². The molecule has 1 aromatic heterocycles. The molecule has 1 atom stereocenters. The number of hydrogen-bond acceptors (Lipinski definition) is 5. The van der Waals surface area contributed by atoms with Crippen LogP contribution in [0.2, 0.25) is 0 Å². The standard InChI is InChI=1S/C12H21N3O2/c1-3-16-12(17-4-2)10(13)8-9-6-5-7-15-11(9)14/h5-7,10,12H,3-4,8,13H2,1-2H3,(H2,14,15). The molecule has 5 heteroatoms. The summed E-state index contributed by atoms with van der Waals surface area (Å²) in [6, 6.07) is 3.51. The molecule has 4 N–H and O–H groups in total. The van der Waals surface area contributed by atoms with E-state index in [9.17, 15) is 0 Å². The number of nitrogens with zero attached hydrogens (tertiary/aromatic N) is 1. The molecular weight excluding hydrogens is 218 g/mol. The van der Waals surface area contributed by atoms with E-state index >= 15 is 0 Å². The van der Waals surface area contributed by atoms with Crippen LogP contribution < -0.4 is 11.5 Å². The first-order valence-corrected chi connectivity index (χ1v) is 5.87. The van der Waals surface area contributed by atoms with E-state index in [4.69, 9.17) is 20.9 Å². The van der Waals surface area contributed by atoms with Crippen LogP contribution in [0.1, 0.15) is 19.4 Å². The van der Waals surface area contributed by atoms with Crippen LogP contribution >= 0.6 is 0 Å². The molecule has 0 fully saturated rings. The molecule has 0 aliphatic carbocycles. The van der Waals surface area contributed by atoms with Crippen molar-refractivity contribution in [3.05, 3.63) is 23.9 Å². The van der Waals surface area contributed by atoms with Crippen molar-refractivity contribution in [1.29, 1.82) is 0 Å². The van der Waals surface area contributed by atoms with E-state index in [1.54, 1.807) is 6.20 Å². The minimum Gasteiger partial charge on any atom is -0.383 e. The van der Waals surface area contributed by atoms with Crippen LogP contribution in [0.5, 0.6) is 0 Å². The normalized spacial score (nSPS) is 12.9. The first-order chi connectivity index (χ1) is 8.19. The van der Waals surface area contributed by atoms with E-state index in [0.717, 1.165) is 5.56 Å². The maximum Gasteiger partial charge on any atom is 0.172 e. The quantitative estimate of drug-likeness (QED) is 0.692. The van der Waals surface area contributed by atoms with Gasteiger partial charge in [0.15, 0.2) is 6.29 Å². The largest absolute Gasteiger partial charge is 0.383 e. The average Bonchev–Trinajstić information content (AvgIpc) is 2.32. The summed E-state index contributed by atoms with van der Waals surface area (Å²) in [4.78, 5) is 4.02. The number of anilines is 1. The van der Waals surface area contributed by atoms with Gasteiger partial charge in [0.25, 0.3) is 0 Å². The minimum atomic E-state index is -0.399. The molecule has 96 valence electrons. The van der Waals surface area contributed by atoms with E-state index in [0.29, 0.717) is 25.5 Å². The highest BCUT2D eigenvalue weighted by Crippen LogP contribution is 2.12. The highest BCUT2D eigenvalue weighted by atomic mass is 16.7. The molecule has 5 nitrogen and oxygen atoms in total. The molecule has 0 saturated carbocycles. The van der Waals surface area contributed by atoms with Crippen molar-refractivity contribution in [3.8, 4) is 0 Å². The van der Waals surface area contributed by atoms with Gasteiger partial charge in [-0.05, 0) is 31.9 Å². The topological polar surface area (TPSA) is 83.4 Å². The molecular formula is C12H21N3O2. The van der Waals surface area contributed by atoms with Gasteiger partial charge in [-0.25, -0.2) is 4.98 Å². The highest BCUT2D eigenvalue weighted by Gasteiger charge is 2.19. The van der Waals surface area contributed by atoms with Gasteiger partial charge in [0.05, 0.1) is 6.04 Å². The van der Waals surface area contributed by atoms with Gasteiger partial charge in [0, 0.05) is 19.4 Å². The SMILES string of the molecule is CCOC(OCC)C(N)Cc1cccnc1N. The second kappa shape index (κ2) is 7.21. The van der Waals surface area contributed by atoms with Crippen LogP contribution in [-0.4, -0.2) is 30.5 Å². The third-order valence-corrected chi connectivity index (χ3v) is 2.39. The summed E-state index contributed by atoms with van der Waals surface area (Å²) in [5.41, 5.74) is 12.7. The summed E-state index contributed by atoms with van der Waals surface area (Å²) in [6.45, 7) is 4.97. The minimum absolute atomic E-state index is 0.249. The predicted octanol–water partition coefficient (Wildman–Crippen LogP) is 0.933. The zero-order chi connectivity index (χ0) is 12.7. The number of ether oxygens (including phenoxy) is 2. The van der Waals surface area contributed by atoms with Gasteiger partial charge in [-0.1, -0.05) is 6.07 Å². The lowest BCUT2D eigenvalue weighted by Crippen LogP contribution is -2.40. The second-order valence-corrected chi connectivity index (χ2v) is 3.69. The molecule has 1 aromatic rings. The Labute approximate surface area is 102 Å². The number of nitrogens with two attached hydrogens (primary N) is 2. The van der Waals surface area contributed by atoms with Gasteiger partial charge in [0.1, 0.15) is 5.82 Å². The lowest BCUT2D eigenvalue weighted by Gasteiger charge is -2.23. The molecule has 17 heavy (non-hydrogen) atoms. The lowest BCUT2D eigenvalue weighted by molar-refractivity contribution is -0.147. The molecule has 0 aliphatic heterocycles. The summed E-state index contributed by atoms with van der Waals surface area (Å²) < 4.78 is 10.9. The summed E-state index contributed by atoms with van der Waals surface area (Å²) in [5.74, 6) is 0.509. The molecule has 0 amide bonds. The third-order valence-electron chi connectivity index (χ3n) is 2.39. The van der Waals surface area contributed by atoms with Crippen molar-refractivity contribution in [2.24, 2.45) is 5.73 Å². The third kappa shape index (κ3) is 4.30. The van der Waals surface area contributed by atoms with Crippen molar-refractivity contribution >= 4 is 5.82 Å². The molecule has 0 bridgehead atoms. The predicted molar refractivity (Wildman–Crippen MR) is 67.4 cm³/mol. The number of rotatable bonds is 7. The molecule has 1 unspecified atom stereocenters. The second-order valence-electron chi connectivity index (χ2n) is 3.69. The summed E-state index contributed by atoms with van der Waals surface area (Å²) >= 11 is 0. The Morgan fingerprint density at radius 1 is 1.29 bits per heavy atom. The van der Waals surface area contributed by atoms with Crippen LogP contribution in [0.3, 0.4) is 0 Å². The number of aromatic nitrogens is 1. The van der Waals surface area contributed by atoms with E-state index in [2.05, 4.69) is 4.98 Å². The van der Waals surface area contributed by atoms with Crippen molar-refractivity contribution in [2.45, 2.75) is 32.6 Å². The van der Waals surface area contributed by atoms with Gasteiger partial charge in [-0.15, -0.1) is 0 Å². The smallest absolute Gasteiger partial charge is 0.172 e. The monoisotopic (exact) mass is 239 g/mol. The Kier molecular flexibility index (Phi) is 5.90. The highest BCUT2D eigenvalue weighted by molar-refractivity contribution is 5.38. The zero-order valence-electron chi connectivity index (χ0n) is 10.4. The van der Waals surface area contributed by atoms with Crippen molar-refractivity contribution in [1.82, 2.24) is 4.98 Å². The van der Waals surface area contributed by atoms with Crippen LogP contribution in [0.15, 0.2) is 18.3 Å². The van der Waals surface area contributed by atoms with Crippen LogP contribution in [0.25, 0.3) is 0 Å². The van der Waals surface area contributed by atoms with Gasteiger partial charge in [0.2, 0.25) is 0 Å². The maximum atomic E-state index is 6.06. The first kappa shape index (κ1) is 13.9. The van der Waals surface area contributed by atoms with Crippen molar-refractivity contribution in [3.63, 3.8) is 0 Å². The van der Waals surface area contributed by atoms with Crippen LogP contribution in [0, 0.1) is 0 Å². The molecule has 1 rings (SSSR count). The van der Waals surface area contributed by atoms with E-state index in [1.165, 1.54) is 0 Å². The van der Waals surface area contributed by atoms with E-state index < -0.39 is 6.29 Å². The Bertz CT molecular complexity index is 327. The average molecular weight is 239 g/mol. The number of nitrogen functional groups attached to an aromatic ring is 1. The summed E-state index contributed by atoms with van der Waals surface area (Å²) in [7, 11) is 0. The Hall–Kier alpha value is -1.17. The molecule has 0 spiro atoms. The van der Waals surface area contributed by atoms with E-state index in [-0.39, 0.29) is 6.04 Å². The zero-order valence-corrected chi connectivity index (χ0v) is 10.4. The van der Waals surface area contributed by atoms with E-state index in [1.807, 2.05) is 26.0 Å². The number of hydrogen-bond donors (Lipinski definition) is 2. The molecule has 0 radical (unpaired) electrons. The van der Waals surface area contributed by atoms with Crippen molar-refractivity contribution in [2.75, 3.05) is 18.9 Å². The molecule has 0 saturated heterocycles. The summed E-state index contributed by atoms with van der Waals surface area (Å²) in [6.07, 6.45) is 1.85. The van der Waals surface area contributed by atoms with Crippen LogP contribution in [0.4, 0.5) is 5.82 Å². The Balaban J connectivity index is 2.62. The molecule has 1 heterocycles. The number of pyridine rings is 1. The van der Waals surface area contributed by atoms with Gasteiger partial charge in [-0.3, -0.25) is 0 Å². The Morgan fingerprint density at radius 2 is 1.94 bits per heavy atom. The van der Waals surface area contributed by atoms with Gasteiger partial charge < -0.3 is 20.9 Å². The maximum absolute atomic E-state index is 6.06. The fourth-order valence-electron chi connectivity index (χ4n) is 1.60. The molecule has 0 aliphatic rings. The lowest BCUT2D eigenvalue weighted by atomic mass is 10.1. The van der Waals surface area contributed by atoms with Crippen molar-refractivity contribution < 1.29 is 9.47 Å².